The van der Waals surface area contributed by atoms with Crippen molar-refractivity contribution < 1.29 is 8.78 Å². The van der Waals surface area contributed by atoms with Crippen molar-refractivity contribution in [3.8, 4) is 0 Å². The highest BCUT2D eigenvalue weighted by atomic mass is 19.1. The molecule has 1 unspecified atom stereocenters. The fraction of sp³-hybridized carbons (Fsp3) is 0.294. The monoisotopic (exact) mass is 275 g/mol. The van der Waals surface area contributed by atoms with E-state index in [2.05, 4.69) is 12.2 Å². The minimum absolute atomic E-state index is 0.0452. The highest BCUT2D eigenvalue weighted by Crippen LogP contribution is 2.25. The number of hydrogen-bond acceptors (Lipinski definition) is 1. The Bertz CT molecular complexity index is 564. The summed E-state index contributed by atoms with van der Waals surface area (Å²) in [5.74, 6) is -0.488. The molecule has 0 saturated heterocycles. The fourth-order valence-corrected chi connectivity index (χ4v) is 2.31. The molecule has 0 aromatic heterocycles. The molecule has 0 radical (unpaired) electrons. The summed E-state index contributed by atoms with van der Waals surface area (Å²) in [4.78, 5) is 0. The molecule has 106 valence electrons. The number of halogens is 2. The summed E-state index contributed by atoms with van der Waals surface area (Å²) >= 11 is 0. The predicted octanol–water partition coefficient (Wildman–Crippen LogP) is 4.36. The van der Waals surface area contributed by atoms with E-state index in [9.17, 15) is 8.78 Å². The third-order valence-corrected chi connectivity index (χ3v) is 3.34. The molecule has 20 heavy (non-hydrogen) atoms. The second-order valence-electron chi connectivity index (χ2n) is 4.94. The number of rotatable bonds is 5. The molecule has 0 fully saturated rings. The van der Waals surface area contributed by atoms with Gasteiger partial charge in [0.25, 0.3) is 0 Å². The number of nitrogens with one attached hydrogen (secondary N) is 1. The molecule has 0 spiro atoms. The molecule has 1 nitrogen and oxygen atoms in total. The van der Waals surface area contributed by atoms with E-state index in [1.54, 1.807) is 18.2 Å². The molecule has 3 heteroatoms. The van der Waals surface area contributed by atoms with Crippen LogP contribution in [0.25, 0.3) is 0 Å². The van der Waals surface area contributed by atoms with Crippen molar-refractivity contribution in [3.63, 3.8) is 0 Å². The van der Waals surface area contributed by atoms with Crippen LogP contribution < -0.4 is 5.32 Å². The molecular weight excluding hydrogens is 256 g/mol. The Morgan fingerprint density at radius 2 is 1.65 bits per heavy atom. The largest absolute Gasteiger partial charge is 0.306 e. The van der Waals surface area contributed by atoms with Crippen molar-refractivity contribution in [2.75, 3.05) is 6.54 Å². The van der Waals surface area contributed by atoms with E-state index in [4.69, 9.17) is 0 Å². The standard InChI is InChI=1S/C17H19F2N/c1-3-10-20-17(13-4-6-14(18)7-5-13)16-9-8-15(19)11-12(16)2/h4-9,11,17,20H,3,10H2,1-2H3. The van der Waals surface area contributed by atoms with Gasteiger partial charge in [-0.05, 0) is 60.8 Å². The molecule has 2 aromatic carbocycles. The average Bonchev–Trinajstić information content (AvgIpc) is 2.42. The lowest BCUT2D eigenvalue weighted by Crippen LogP contribution is -2.24. The first-order chi connectivity index (χ1) is 9.61. The molecule has 0 aliphatic heterocycles. The van der Waals surface area contributed by atoms with Gasteiger partial charge in [0, 0.05) is 0 Å². The highest BCUT2D eigenvalue weighted by Gasteiger charge is 2.15. The summed E-state index contributed by atoms with van der Waals surface area (Å²) in [6.07, 6.45) is 0.998. The van der Waals surface area contributed by atoms with Gasteiger partial charge in [-0.1, -0.05) is 25.1 Å². The van der Waals surface area contributed by atoms with Gasteiger partial charge in [-0.15, -0.1) is 0 Å². The summed E-state index contributed by atoms with van der Waals surface area (Å²) < 4.78 is 26.3. The van der Waals surface area contributed by atoms with Crippen LogP contribution in [-0.2, 0) is 0 Å². The Morgan fingerprint density at radius 3 is 2.25 bits per heavy atom. The maximum absolute atomic E-state index is 13.2. The Labute approximate surface area is 118 Å². The van der Waals surface area contributed by atoms with Crippen molar-refractivity contribution in [2.24, 2.45) is 0 Å². The molecule has 2 aromatic rings. The lowest BCUT2D eigenvalue weighted by molar-refractivity contribution is 0.586. The van der Waals surface area contributed by atoms with Gasteiger partial charge in [0.15, 0.2) is 0 Å². The Hall–Kier alpha value is -1.74. The van der Waals surface area contributed by atoms with E-state index in [0.717, 1.165) is 29.7 Å². The molecule has 0 saturated carbocycles. The smallest absolute Gasteiger partial charge is 0.123 e. The predicted molar refractivity (Wildman–Crippen MR) is 77.7 cm³/mol. The third-order valence-electron chi connectivity index (χ3n) is 3.34. The Kier molecular flexibility index (Phi) is 4.85. The van der Waals surface area contributed by atoms with Crippen molar-refractivity contribution in [1.82, 2.24) is 5.32 Å². The van der Waals surface area contributed by atoms with E-state index in [1.807, 2.05) is 6.92 Å². The summed E-state index contributed by atoms with van der Waals surface area (Å²) in [5.41, 5.74) is 2.89. The van der Waals surface area contributed by atoms with Gasteiger partial charge in [0.1, 0.15) is 11.6 Å². The van der Waals surface area contributed by atoms with E-state index < -0.39 is 0 Å². The van der Waals surface area contributed by atoms with Crippen LogP contribution in [0.15, 0.2) is 42.5 Å². The van der Waals surface area contributed by atoms with Gasteiger partial charge in [-0.3, -0.25) is 0 Å². The lowest BCUT2D eigenvalue weighted by atomic mass is 9.94. The van der Waals surface area contributed by atoms with Crippen molar-refractivity contribution in [1.29, 1.82) is 0 Å². The zero-order valence-electron chi connectivity index (χ0n) is 11.8. The summed E-state index contributed by atoms with van der Waals surface area (Å²) in [6.45, 7) is 4.83. The van der Waals surface area contributed by atoms with Crippen LogP contribution in [0.1, 0.15) is 36.1 Å². The second kappa shape index (κ2) is 6.62. The number of aryl methyl sites for hydroxylation is 1. The van der Waals surface area contributed by atoms with E-state index >= 15 is 0 Å². The van der Waals surface area contributed by atoms with Gasteiger partial charge in [0.2, 0.25) is 0 Å². The molecule has 1 N–H and O–H groups in total. The van der Waals surface area contributed by atoms with E-state index in [0.29, 0.717) is 0 Å². The first kappa shape index (κ1) is 14.7. The zero-order chi connectivity index (χ0) is 14.5. The number of hydrogen-bond donors (Lipinski definition) is 1. The second-order valence-corrected chi connectivity index (χ2v) is 4.94. The highest BCUT2D eigenvalue weighted by molar-refractivity contribution is 5.37. The van der Waals surface area contributed by atoms with Crippen molar-refractivity contribution in [3.05, 3.63) is 70.8 Å². The first-order valence-corrected chi connectivity index (χ1v) is 6.86. The zero-order valence-corrected chi connectivity index (χ0v) is 11.8. The molecule has 0 heterocycles. The van der Waals surface area contributed by atoms with Crippen LogP contribution in [0, 0.1) is 18.6 Å². The van der Waals surface area contributed by atoms with Crippen LogP contribution in [0.2, 0.25) is 0 Å². The Balaban J connectivity index is 2.38. The van der Waals surface area contributed by atoms with Gasteiger partial charge in [-0.25, -0.2) is 8.78 Å². The molecular formula is C17H19F2N. The molecule has 2 rings (SSSR count). The maximum atomic E-state index is 13.2. The summed E-state index contributed by atoms with van der Waals surface area (Å²) in [6, 6.07) is 11.2. The summed E-state index contributed by atoms with van der Waals surface area (Å²) in [7, 11) is 0. The molecule has 0 aliphatic carbocycles. The van der Waals surface area contributed by atoms with Crippen LogP contribution in [0.4, 0.5) is 8.78 Å². The fourth-order valence-electron chi connectivity index (χ4n) is 2.31. The third kappa shape index (κ3) is 3.42. The number of benzene rings is 2. The quantitative estimate of drug-likeness (QED) is 0.854. The summed E-state index contributed by atoms with van der Waals surface area (Å²) in [5, 5.41) is 3.44. The first-order valence-electron chi connectivity index (χ1n) is 6.86. The minimum Gasteiger partial charge on any atom is -0.306 e. The lowest BCUT2D eigenvalue weighted by Gasteiger charge is -2.21. The van der Waals surface area contributed by atoms with Crippen molar-refractivity contribution in [2.45, 2.75) is 26.3 Å². The molecule has 0 aliphatic rings. The van der Waals surface area contributed by atoms with Crippen LogP contribution in [0.3, 0.4) is 0 Å². The topological polar surface area (TPSA) is 12.0 Å². The molecule has 0 amide bonds. The van der Waals surface area contributed by atoms with Gasteiger partial charge >= 0.3 is 0 Å². The van der Waals surface area contributed by atoms with Gasteiger partial charge < -0.3 is 5.32 Å². The van der Waals surface area contributed by atoms with Gasteiger partial charge in [0.05, 0.1) is 6.04 Å². The van der Waals surface area contributed by atoms with Gasteiger partial charge in [-0.2, -0.15) is 0 Å². The van der Waals surface area contributed by atoms with Crippen LogP contribution in [0.5, 0.6) is 0 Å². The molecule has 0 bridgehead atoms. The SMILES string of the molecule is CCCNC(c1ccc(F)cc1)c1ccc(F)cc1C. The maximum Gasteiger partial charge on any atom is 0.123 e. The average molecular weight is 275 g/mol. The van der Waals surface area contributed by atoms with E-state index in [1.165, 1.54) is 24.3 Å². The van der Waals surface area contributed by atoms with E-state index in [-0.39, 0.29) is 17.7 Å². The minimum atomic E-state index is -0.251. The van der Waals surface area contributed by atoms with Crippen molar-refractivity contribution >= 4 is 0 Å². The van der Waals surface area contributed by atoms with Crippen LogP contribution in [-0.4, -0.2) is 6.54 Å². The normalized spacial score (nSPS) is 12.4. The Morgan fingerprint density at radius 1 is 1.00 bits per heavy atom. The van der Waals surface area contributed by atoms with Crippen LogP contribution >= 0.6 is 0 Å². The molecule has 1 atom stereocenters.